The van der Waals surface area contributed by atoms with Gasteiger partial charge in [-0.25, -0.2) is 0 Å². The summed E-state index contributed by atoms with van der Waals surface area (Å²) >= 11 is 1.91. The van der Waals surface area contributed by atoms with Crippen molar-refractivity contribution < 1.29 is 4.57 Å². The zero-order valence-electron chi connectivity index (χ0n) is 12.2. The lowest BCUT2D eigenvalue weighted by atomic mass is 9.86. The van der Waals surface area contributed by atoms with E-state index in [4.69, 9.17) is 0 Å². The van der Waals surface area contributed by atoms with Gasteiger partial charge in [0.1, 0.15) is 4.88 Å². The van der Waals surface area contributed by atoms with Gasteiger partial charge in [0.05, 0.1) is 5.41 Å². The van der Waals surface area contributed by atoms with E-state index in [9.17, 15) is 0 Å². The van der Waals surface area contributed by atoms with Crippen molar-refractivity contribution >= 4 is 21.4 Å². The fourth-order valence-corrected chi connectivity index (χ4v) is 5.61. The molecule has 1 nitrogen and oxygen atoms in total. The molecule has 2 unspecified atom stereocenters. The monoisotopic (exact) mass is 290 g/mol. The highest BCUT2D eigenvalue weighted by atomic mass is 32.1. The molecule has 2 heteroatoms. The maximum Gasteiger partial charge on any atom is 0.223 e. The van der Waals surface area contributed by atoms with Crippen LogP contribution in [0.4, 0.5) is 0 Å². The van der Waals surface area contributed by atoms with Crippen molar-refractivity contribution in [3.63, 3.8) is 0 Å². The molecule has 0 N–H and O–H groups in total. The standard InChI is InChI=1S/C19H16NS/c1-12-18(2)16-13-8-4-5-10-15(13)21-17(16)14-9-6-7-11-20(14)19(12,18)3/h4-11H,1H2,2-3H3/q+1. The molecule has 0 amide bonds. The summed E-state index contributed by atoms with van der Waals surface area (Å²) in [5, 5.41) is 1.40. The van der Waals surface area contributed by atoms with Gasteiger partial charge in [0, 0.05) is 34.9 Å². The maximum absolute atomic E-state index is 4.42. The lowest BCUT2D eigenvalue weighted by Crippen LogP contribution is -2.52. The van der Waals surface area contributed by atoms with Crippen molar-refractivity contribution in [2.24, 2.45) is 0 Å². The Morgan fingerprint density at radius 2 is 1.81 bits per heavy atom. The summed E-state index contributed by atoms with van der Waals surface area (Å²) in [4.78, 5) is 1.41. The van der Waals surface area contributed by atoms with Crippen LogP contribution < -0.4 is 4.57 Å². The molecular weight excluding hydrogens is 274 g/mol. The van der Waals surface area contributed by atoms with Gasteiger partial charge < -0.3 is 0 Å². The number of pyridine rings is 1. The first-order chi connectivity index (χ1) is 10.1. The van der Waals surface area contributed by atoms with Gasteiger partial charge in [-0.05, 0) is 24.4 Å². The fraction of sp³-hybridized carbons (Fsp3) is 0.211. The van der Waals surface area contributed by atoms with Crippen LogP contribution in [-0.4, -0.2) is 0 Å². The molecule has 102 valence electrons. The molecule has 1 fully saturated rings. The number of hydrogen-bond acceptors (Lipinski definition) is 1. The van der Waals surface area contributed by atoms with E-state index in [1.807, 2.05) is 11.3 Å². The van der Waals surface area contributed by atoms with Gasteiger partial charge >= 0.3 is 0 Å². The minimum absolute atomic E-state index is 0.0143. The van der Waals surface area contributed by atoms with E-state index in [1.165, 1.54) is 31.8 Å². The van der Waals surface area contributed by atoms with E-state index in [-0.39, 0.29) is 11.0 Å². The molecule has 1 aliphatic heterocycles. The highest BCUT2D eigenvalue weighted by Crippen LogP contribution is 2.69. The summed E-state index contributed by atoms with van der Waals surface area (Å²) in [5.74, 6) is 0. The first-order valence-corrected chi connectivity index (χ1v) is 8.15. The van der Waals surface area contributed by atoms with Crippen LogP contribution in [-0.2, 0) is 11.0 Å². The second kappa shape index (κ2) is 3.28. The van der Waals surface area contributed by atoms with Gasteiger partial charge in [-0.1, -0.05) is 24.8 Å². The van der Waals surface area contributed by atoms with Crippen molar-refractivity contribution in [3.05, 3.63) is 66.4 Å². The Morgan fingerprint density at radius 1 is 1.05 bits per heavy atom. The van der Waals surface area contributed by atoms with E-state index in [0.717, 1.165) is 0 Å². The van der Waals surface area contributed by atoms with Crippen LogP contribution in [0, 0.1) is 0 Å². The van der Waals surface area contributed by atoms with Crippen LogP contribution in [0.15, 0.2) is 60.8 Å². The summed E-state index contributed by atoms with van der Waals surface area (Å²) in [6.07, 6.45) is 2.21. The predicted octanol–water partition coefficient (Wildman–Crippen LogP) is 4.41. The van der Waals surface area contributed by atoms with Crippen molar-refractivity contribution in [1.29, 1.82) is 0 Å². The fourth-order valence-electron chi connectivity index (χ4n) is 4.28. The minimum atomic E-state index is 0.0143. The Balaban J connectivity index is 2.03. The first-order valence-electron chi connectivity index (χ1n) is 7.33. The van der Waals surface area contributed by atoms with Crippen molar-refractivity contribution in [1.82, 2.24) is 0 Å². The average molecular weight is 290 g/mol. The molecule has 0 radical (unpaired) electrons. The molecule has 3 aromatic rings. The summed E-state index contributed by atoms with van der Waals surface area (Å²) in [5.41, 5.74) is 4.21. The molecule has 3 heterocycles. The number of benzene rings is 1. The Bertz CT molecular complexity index is 951. The Morgan fingerprint density at radius 3 is 2.67 bits per heavy atom. The van der Waals surface area contributed by atoms with Crippen LogP contribution in [0.1, 0.15) is 19.4 Å². The van der Waals surface area contributed by atoms with Crippen molar-refractivity contribution in [2.75, 3.05) is 0 Å². The molecule has 1 aromatic carbocycles. The lowest BCUT2D eigenvalue weighted by Gasteiger charge is -2.21. The normalized spacial score (nSPS) is 29.0. The van der Waals surface area contributed by atoms with Gasteiger partial charge in [0.25, 0.3) is 0 Å². The molecule has 0 bridgehead atoms. The van der Waals surface area contributed by atoms with Gasteiger partial charge in [-0.15, -0.1) is 11.3 Å². The molecule has 21 heavy (non-hydrogen) atoms. The minimum Gasteiger partial charge on any atom is -0.187 e. The van der Waals surface area contributed by atoms with Gasteiger partial charge in [-0.3, -0.25) is 0 Å². The van der Waals surface area contributed by atoms with Crippen molar-refractivity contribution in [3.8, 4) is 10.6 Å². The Labute approximate surface area is 128 Å². The lowest BCUT2D eigenvalue weighted by molar-refractivity contribution is -0.727. The second-order valence-electron chi connectivity index (χ2n) is 6.43. The van der Waals surface area contributed by atoms with Crippen LogP contribution >= 0.6 is 11.3 Å². The van der Waals surface area contributed by atoms with Crippen LogP contribution in [0.2, 0.25) is 0 Å². The maximum atomic E-state index is 4.42. The number of aromatic nitrogens is 1. The second-order valence-corrected chi connectivity index (χ2v) is 7.49. The molecular formula is C19H16NS+. The average Bonchev–Trinajstić information content (AvgIpc) is 2.86. The highest BCUT2D eigenvalue weighted by Gasteiger charge is 2.78. The topological polar surface area (TPSA) is 3.88 Å². The summed E-state index contributed by atoms with van der Waals surface area (Å²) in [6.45, 7) is 9.11. The number of fused-ring (bicyclic) bond motifs is 8. The highest BCUT2D eigenvalue weighted by molar-refractivity contribution is 7.22. The van der Waals surface area contributed by atoms with E-state index in [0.29, 0.717) is 0 Å². The smallest absolute Gasteiger partial charge is 0.187 e. The number of nitrogens with zero attached hydrogens (tertiary/aromatic N) is 1. The van der Waals surface area contributed by atoms with Gasteiger partial charge in [-0.2, -0.15) is 4.57 Å². The molecule has 2 atom stereocenters. The number of allylic oxidation sites excluding steroid dienone is 1. The largest absolute Gasteiger partial charge is 0.223 e. The molecule has 0 saturated heterocycles. The quantitative estimate of drug-likeness (QED) is 0.426. The number of thiophene rings is 1. The van der Waals surface area contributed by atoms with E-state index < -0.39 is 0 Å². The number of hydrogen-bond donors (Lipinski definition) is 0. The third-order valence-electron chi connectivity index (χ3n) is 5.77. The Hall–Kier alpha value is -1.93. The summed E-state index contributed by atoms with van der Waals surface area (Å²) in [6, 6.07) is 15.3. The number of rotatable bonds is 0. The Kier molecular flexibility index (Phi) is 1.83. The van der Waals surface area contributed by atoms with Crippen LogP contribution in [0.25, 0.3) is 20.7 Å². The van der Waals surface area contributed by atoms with Crippen LogP contribution in [0.3, 0.4) is 0 Å². The zero-order chi connectivity index (χ0) is 14.4. The zero-order valence-corrected chi connectivity index (χ0v) is 13.0. The predicted molar refractivity (Wildman–Crippen MR) is 87.6 cm³/mol. The van der Waals surface area contributed by atoms with E-state index in [2.05, 4.69) is 73.7 Å². The SMILES string of the molecule is C=C1C2(C)c3c(sc4ccccc34)-c3cccc[n+]3C12C. The first kappa shape index (κ1) is 11.7. The summed E-state index contributed by atoms with van der Waals surface area (Å²) < 4.78 is 3.80. The molecule has 1 aliphatic carbocycles. The van der Waals surface area contributed by atoms with Crippen molar-refractivity contribution in [2.45, 2.75) is 24.8 Å². The molecule has 1 saturated carbocycles. The van der Waals surface area contributed by atoms with Crippen LogP contribution in [0.5, 0.6) is 0 Å². The third kappa shape index (κ3) is 1.04. The molecule has 5 rings (SSSR count). The van der Waals surface area contributed by atoms with Gasteiger partial charge in [0.15, 0.2) is 6.20 Å². The van der Waals surface area contributed by atoms with Gasteiger partial charge in [0.2, 0.25) is 11.2 Å². The summed E-state index contributed by atoms with van der Waals surface area (Å²) in [7, 11) is 0. The van der Waals surface area contributed by atoms with E-state index >= 15 is 0 Å². The third-order valence-corrected chi connectivity index (χ3v) is 6.97. The van der Waals surface area contributed by atoms with E-state index in [1.54, 1.807) is 0 Å². The molecule has 0 spiro atoms. The molecule has 2 aliphatic rings. The molecule has 2 aromatic heterocycles.